The number of hydrogen-bond acceptors (Lipinski definition) is 2. The van der Waals surface area contributed by atoms with Crippen LogP contribution in [-0.2, 0) is 9.53 Å². The van der Waals surface area contributed by atoms with Crippen LogP contribution in [0.15, 0.2) is 0 Å². The largest absolute Gasteiger partial charge is 0.481 e. The first-order valence-corrected chi connectivity index (χ1v) is 4.63. The van der Waals surface area contributed by atoms with Gasteiger partial charge in [0.15, 0.2) is 0 Å². The fourth-order valence-corrected chi connectivity index (χ4v) is 1.96. The fraction of sp³-hybridized carbons (Fsp3) is 0.889. The molecule has 2 fully saturated rings. The molecule has 1 aliphatic carbocycles. The van der Waals surface area contributed by atoms with E-state index in [2.05, 4.69) is 0 Å². The average molecular weight is 170 g/mol. The molecule has 12 heavy (non-hydrogen) atoms. The minimum atomic E-state index is -0.674. The monoisotopic (exact) mass is 170 g/mol. The lowest BCUT2D eigenvalue weighted by molar-refractivity contribution is -0.152. The molecule has 1 saturated carbocycles. The van der Waals surface area contributed by atoms with E-state index >= 15 is 0 Å². The summed E-state index contributed by atoms with van der Waals surface area (Å²) in [5.41, 5.74) is 0. The predicted molar refractivity (Wildman–Crippen MR) is 42.8 cm³/mol. The number of hydrogen-bond donors (Lipinski definition) is 1. The smallest absolute Gasteiger partial charge is 0.309 e. The number of ether oxygens (including phenoxy) is 1. The van der Waals surface area contributed by atoms with Gasteiger partial charge in [-0.25, -0.2) is 0 Å². The second-order valence-corrected chi connectivity index (χ2v) is 3.76. The minimum Gasteiger partial charge on any atom is -0.481 e. The summed E-state index contributed by atoms with van der Waals surface area (Å²) in [6.07, 6.45) is 4.05. The van der Waals surface area contributed by atoms with Gasteiger partial charge in [-0.2, -0.15) is 0 Å². The summed E-state index contributed by atoms with van der Waals surface area (Å²) in [6, 6.07) is 0. The molecule has 0 radical (unpaired) electrons. The molecule has 1 N–H and O–H groups in total. The SMILES string of the molecule is O=C(O)C1CCCOC1C1CC1. The van der Waals surface area contributed by atoms with Crippen LogP contribution in [0.1, 0.15) is 25.7 Å². The van der Waals surface area contributed by atoms with E-state index in [4.69, 9.17) is 9.84 Å². The number of rotatable bonds is 2. The minimum absolute atomic E-state index is 0.0243. The zero-order chi connectivity index (χ0) is 8.55. The number of aliphatic carboxylic acids is 1. The number of carboxylic acids is 1. The quantitative estimate of drug-likeness (QED) is 0.679. The normalized spacial score (nSPS) is 36.3. The van der Waals surface area contributed by atoms with E-state index in [0.29, 0.717) is 5.92 Å². The Kier molecular flexibility index (Phi) is 2.05. The summed E-state index contributed by atoms with van der Waals surface area (Å²) in [5.74, 6) is -0.357. The molecule has 0 aromatic heterocycles. The molecule has 0 spiro atoms. The topological polar surface area (TPSA) is 46.5 Å². The highest BCUT2D eigenvalue weighted by atomic mass is 16.5. The summed E-state index contributed by atoms with van der Waals surface area (Å²) in [5, 5.41) is 8.91. The second-order valence-electron chi connectivity index (χ2n) is 3.76. The standard InChI is InChI=1S/C9H14O3/c10-9(11)7-2-1-5-12-8(7)6-3-4-6/h6-8H,1-5H2,(H,10,11). The number of carbonyl (C=O) groups is 1. The maximum Gasteiger partial charge on any atom is 0.309 e. The van der Waals surface area contributed by atoms with Crippen molar-refractivity contribution in [2.24, 2.45) is 11.8 Å². The molecule has 2 unspecified atom stereocenters. The van der Waals surface area contributed by atoms with Crippen molar-refractivity contribution < 1.29 is 14.6 Å². The van der Waals surface area contributed by atoms with Crippen molar-refractivity contribution in [1.29, 1.82) is 0 Å². The van der Waals surface area contributed by atoms with Crippen molar-refractivity contribution in [3.8, 4) is 0 Å². The van der Waals surface area contributed by atoms with E-state index in [0.717, 1.165) is 32.3 Å². The van der Waals surface area contributed by atoms with Gasteiger partial charge >= 0.3 is 5.97 Å². The van der Waals surface area contributed by atoms with Gasteiger partial charge in [-0.1, -0.05) is 0 Å². The highest BCUT2D eigenvalue weighted by molar-refractivity contribution is 5.71. The second kappa shape index (κ2) is 3.05. The van der Waals surface area contributed by atoms with Crippen LogP contribution >= 0.6 is 0 Å². The van der Waals surface area contributed by atoms with Gasteiger partial charge in [0.25, 0.3) is 0 Å². The van der Waals surface area contributed by atoms with Crippen LogP contribution in [-0.4, -0.2) is 23.8 Å². The Bertz CT molecular complexity index is 186. The Hall–Kier alpha value is -0.570. The fourth-order valence-electron chi connectivity index (χ4n) is 1.96. The van der Waals surface area contributed by atoms with E-state index in [1.165, 1.54) is 0 Å². The average Bonchev–Trinajstić information content (AvgIpc) is 2.87. The van der Waals surface area contributed by atoms with Crippen LogP contribution in [0, 0.1) is 11.8 Å². The van der Waals surface area contributed by atoms with Gasteiger partial charge in [0.2, 0.25) is 0 Å². The molecule has 2 aliphatic rings. The zero-order valence-electron chi connectivity index (χ0n) is 7.03. The summed E-state index contributed by atoms with van der Waals surface area (Å²) in [7, 11) is 0. The molecule has 1 heterocycles. The van der Waals surface area contributed by atoms with Crippen molar-refractivity contribution in [3.05, 3.63) is 0 Å². The molecule has 0 aromatic rings. The lowest BCUT2D eigenvalue weighted by atomic mass is 9.91. The predicted octanol–water partition coefficient (Wildman–Crippen LogP) is 1.28. The summed E-state index contributed by atoms with van der Waals surface area (Å²) in [6.45, 7) is 0.755. The first-order chi connectivity index (χ1) is 5.79. The van der Waals surface area contributed by atoms with Gasteiger partial charge in [0.1, 0.15) is 0 Å². The van der Waals surface area contributed by atoms with Crippen LogP contribution < -0.4 is 0 Å². The molecule has 0 amide bonds. The Labute approximate surface area is 71.7 Å². The van der Waals surface area contributed by atoms with Gasteiger partial charge in [-0.05, 0) is 31.6 Å². The Balaban J connectivity index is 2.00. The first-order valence-electron chi connectivity index (χ1n) is 4.63. The van der Waals surface area contributed by atoms with Crippen LogP contribution in [0.3, 0.4) is 0 Å². The van der Waals surface area contributed by atoms with Gasteiger partial charge < -0.3 is 9.84 Å². The third kappa shape index (κ3) is 1.46. The van der Waals surface area contributed by atoms with E-state index in [1.807, 2.05) is 0 Å². The molecule has 68 valence electrons. The Morgan fingerprint density at radius 3 is 2.67 bits per heavy atom. The summed E-state index contributed by atoms with van der Waals surface area (Å²) >= 11 is 0. The molecule has 2 atom stereocenters. The highest BCUT2D eigenvalue weighted by Gasteiger charge is 2.42. The lowest BCUT2D eigenvalue weighted by Crippen LogP contribution is -2.36. The molecular formula is C9H14O3. The van der Waals surface area contributed by atoms with E-state index in [1.54, 1.807) is 0 Å². The van der Waals surface area contributed by atoms with Crippen molar-refractivity contribution in [1.82, 2.24) is 0 Å². The van der Waals surface area contributed by atoms with E-state index in [9.17, 15) is 4.79 Å². The summed E-state index contributed by atoms with van der Waals surface area (Å²) in [4.78, 5) is 10.8. The highest BCUT2D eigenvalue weighted by Crippen LogP contribution is 2.40. The molecule has 0 aromatic carbocycles. The number of carboxylic acid groups (broad SMARTS) is 1. The molecule has 0 bridgehead atoms. The molecule has 1 aliphatic heterocycles. The lowest BCUT2D eigenvalue weighted by Gasteiger charge is -2.28. The zero-order valence-corrected chi connectivity index (χ0v) is 7.03. The van der Waals surface area contributed by atoms with Crippen LogP contribution in [0.4, 0.5) is 0 Å². The Morgan fingerprint density at radius 1 is 1.33 bits per heavy atom. The van der Waals surface area contributed by atoms with Crippen LogP contribution in [0.2, 0.25) is 0 Å². The third-order valence-electron chi connectivity index (χ3n) is 2.77. The first kappa shape index (κ1) is 8.05. The van der Waals surface area contributed by atoms with Crippen molar-refractivity contribution in [3.63, 3.8) is 0 Å². The molecular weight excluding hydrogens is 156 g/mol. The molecule has 3 nitrogen and oxygen atoms in total. The van der Waals surface area contributed by atoms with Crippen LogP contribution in [0.5, 0.6) is 0 Å². The van der Waals surface area contributed by atoms with Crippen molar-refractivity contribution in [2.75, 3.05) is 6.61 Å². The third-order valence-corrected chi connectivity index (χ3v) is 2.77. The Morgan fingerprint density at radius 2 is 2.08 bits per heavy atom. The maximum atomic E-state index is 10.8. The van der Waals surface area contributed by atoms with Gasteiger partial charge in [-0.15, -0.1) is 0 Å². The molecule has 1 saturated heterocycles. The maximum absolute atomic E-state index is 10.8. The molecule has 2 rings (SSSR count). The van der Waals surface area contributed by atoms with Crippen molar-refractivity contribution >= 4 is 5.97 Å². The van der Waals surface area contributed by atoms with Gasteiger partial charge in [0, 0.05) is 6.61 Å². The molecule has 3 heteroatoms. The van der Waals surface area contributed by atoms with Crippen LogP contribution in [0.25, 0.3) is 0 Å². The van der Waals surface area contributed by atoms with E-state index < -0.39 is 5.97 Å². The van der Waals surface area contributed by atoms with Gasteiger partial charge in [-0.3, -0.25) is 4.79 Å². The van der Waals surface area contributed by atoms with E-state index in [-0.39, 0.29) is 12.0 Å². The summed E-state index contributed by atoms with van der Waals surface area (Å²) < 4.78 is 5.49. The van der Waals surface area contributed by atoms with Gasteiger partial charge in [0.05, 0.1) is 12.0 Å². The van der Waals surface area contributed by atoms with Crippen molar-refractivity contribution in [2.45, 2.75) is 31.8 Å².